The lowest BCUT2D eigenvalue weighted by molar-refractivity contribution is -0.138. The quantitative estimate of drug-likeness (QED) is 0.0654. The van der Waals surface area contributed by atoms with Gasteiger partial charge in [0.1, 0.15) is 17.7 Å². The van der Waals surface area contributed by atoms with Crippen molar-refractivity contribution in [2.45, 2.75) is 57.4 Å². The first-order valence-corrected chi connectivity index (χ1v) is 24.5. The van der Waals surface area contributed by atoms with Crippen molar-refractivity contribution in [1.29, 1.82) is 0 Å². The summed E-state index contributed by atoms with van der Waals surface area (Å²) in [6, 6.07) is 8.15. The van der Waals surface area contributed by atoms with Gasteiger partial charge in [-0.2, -0.15) is 13.2 Å². The Bertz CT molecular complexity index is 2780. The van der Waals surface area contributed by atoms with E-state index in [4.69, 9.17) is 14.2 Å². The van der Waals surface area contributed by atoms with Crippen LogP contribution >= 0.6 is 0 Å². The molecule has 3 fully saturated rings. The molecular weight excluding hydrogens is 992 g/mol. The van der Waals surface area contributed by atoms with Crippen LogP contribution in [0.15, 0.2) is 60.9 Å². The highest BCUT2D eigenvalue weighted by Crippen LogP contribution is 2.38. The number of alkyl halides is 3. The van der Waals surface area contributed by atoms with Gasteiger partial charge in [0.25, 0.3) is 17.7 Å². The first-order valence-electron chi connectivity index (χ1n) is 24.5. The predicted molar refractivity (Wildman–Crippen MR) is 263 cm³/mol. The summed E-state index contributed by atoms with van der Waals surface area (Å²) in [5.41, 5.74) is -0.936. The molecule has 0 radical (unpaired) electrons. The van der Waals surface area contributed by atoms with Crippen LogP contribution in [0.1, 0.15) is 69.7 Å². The molecule has 400 valence electrons. The minimum Gasteiger partial charge on any atom is -0.382 e. The SMILES string of the molecule is C[C@@H]1CN(c2cc(F)c(-c3cnc(N4CCN(C(=O)CCOCCOCCOCCNc5cccc6c5C(=O)N(C5CCC(=O)NC5=O)C6=O)CC4)nc3)cc2NC(=O)c2ccc(F)cc2C(F)(F)F)C[C@H](C)N1C. The molecule has 24 heteroatoms. The molecule has 4 aliphatic heterocycles. The summed E-state index contributed by atoms with van der Waals surface area (Å²) < 4.78 is 88.6. The number of hydrogen-bond acceptors (Lipinski definition) is 15. The molecule has 0 aliphatic carbocycles. The summed E-state index contributed by atoms with van der Waals surface area (Å²) in [6.07, 6.45) is -1.95. The van der Waals surface area contributed by atoms with Crippen LogP contribution in [-0.4, -0.2) is 171 Å². The molecule has 3 atom stereocenters. The minimum atomic E-state index is -5.02. The smallest absolute Gasteiger partial charge is 0.382 e. The van der Waals surface area contributed by atoms with E-state index in [0.717, 1.165) is 17.0 Å². The van der Waals surface area contributed by atoms with Gasteiger partial charge in [0.05, 0.1) is 79.7 Å². The topological polar surface area (TPSA) is 208 Å². The van der Waals surface area contributed by atoms with E-state index in [2.05, 4.69) is 30.8 Å². The summed E-state index contributed by atoms with van der Waals surface area (Å²) in [7, 11) is 1.96. The number of piperidine rings is 1. The number of hydrogen-bond donors (Lipinski definition) is 3. The van der Waals surface area contributed by atoms with Gasteiger partial charge in [0.2, 0.25) is 23.7 Å². The summed E-state index contributed by atoms with van der Waals surface area (Å²) >= 11 is 0. The van der Waals surface area contributed by atoms with E-state index >= 15 is 4.39 Å². The van der Waals surface area contributed by atoms with Gasteiger partial charge in [-0.25, -0.2) is 18.7 Å². The molecule has 0 spiro atoms. The fourth-order valence-electron chi connectivity index (χ4n) is 9.44. The second-order valence-electron chi connectivity index (χ2n) is 18.6. The van der Waals surface area contributed by atoms with Gasteiger partial charge in [-0.05, 0) is 69.8 Å². The lowest BCUT2D eigenvalue weighted by atomic mass is 10.0. The number of fused-ring (bicyclic) bond motifs is 1. The average Bonchev–Trinajstić information content (AvgIpc) is 3.65. The van der Waals surface area contributed by atoms with Crippen LogP contribution in [-0.2, 0) is 34.8 Å². The highest BCUT2D eigenvalue weighted by Gasteiger charge is 2.46. The Balaban J connectivity index is 0.749. The van der Waals surface area contributed by atoms with Gasteiger partial charge >= 0.3 is 6.18 Å². The number of piperazine rings is 2. The average molecular weight is 1050 g/mol. The highest BCUT2D eigenvalue weighted by molar-refractivity contribution is 6.25. The first kappa shape index (κ1) is 54.1. The van der Waals surface area contributed by atoms with Gasteiger partial charge in [0, 0.05) is 93.5 Å². The van der Waals surface area contributed by atoms with Crippen LogP contribution < -0.4 is 25.8 Å². The van der Waals surface area contributed by atoms with E-state index in [0.29, 0.717) is 57.4 Å². The lowest BCUT2D eigenvalue weighted by Gasteiger charge is -2.44. The van der Waals surface area contributed by atoms with Gasteiger partial charge in [-0.3, -0.25) is 43.9 Å². The van der Waals surface area contributed by atoms with E-state index < -0.39 is 64.5 Å². The van der Waals surface area contributed by atoms with E-state index in [1.165, 1.54) is 30.6 Å². The van der Waals surface area contributed by atoms with Crippen molar-refractivity contribution in [2.75, 3.05) is 113 Å². The van der Waals surface area contributed by atoms with Gasteiger partial charge in [-0.15, -0.1) is 0 Å². The van der Waals surface area contributed by atoms with Crippen molar-refractivity contribution in [1.82, 2.24) is 30.0 Å². The number of rotatable bonds is 19. The van der Waals surface area contributed by atoms with Crippen LogP contribution in [0.3, 0.4) is 0 Å². The predicted octanol–water partition coefficient (Wildman–Crippen LogP) is 4.82. The maximum atomic E-state index is 16.1. The second kappa shape index (κ2) is 23.6. The summed E-state index contributed by atoms with van der Waals surface area (Å²) in [6.45, 7) is 8.33. The van der Waals surface area contributed by atoms with Crippen LogP contribution in [0.5, 0.6) is 0 Å². The van der Waals surface area contributed by atoms with Crippen LogP contribution in [0, 0.1) is 11.6 Å². The van der Waals surface area contributed by atoms with Crippen molar-refractivity contribution in [2.24, 2.45) is 0 Å². The third-order valence-electron chi connectivity index (χ3n) is 13.7. The fourth-order valence-corrected chi connectivity index (χ4v) is 9.44. The van der Waals surface area contributed by atoms with Crippen LogP contribution in [0.25, 0.3) is 11.1 Å². The largest absolute Gasteiger partial charge is 0.417 e. The molecule has 0 saturated carbocycles. The van der Waals surface area contributed by atoms with E-state index in [-0.39, 0.29) is 117 Å². The molecule has 0 bridgehead atoms. The molecule has 8 rings (SSSR count). The zero-order chi connectivity index (χ0) is 53.6. The molecule has 1 unspecified atom stereocenters. The number of benzene rings is 3. The second-order valence-corrected chi connectivity index (χ2v) is 18.6. The lowest BCUT2D eigenvalue weighted by Crippen LogP contribution is -2.55. The minimum absolute atomic E-state index is 0.0108. The Hall–Kier alpha value is -7.15. The molecule has 3 aromatic carbocycles. The third kappa shape index (κ3) is 12.5. The molecule has 1 aromatic heterocycles. The van der Waals surface area contributed by atoms with E-state index in [1.807, 2.05) is 30.7 Å². The number of imide groups is 2. The van der Waals surface area contributed by atoms with Gasteiger partial charge < -0.3 is 39.5 Å². The zero-order valence-corrected chi connectivity index (χ0v) is 41.5. The number of nitrogens with one attached hydrogen (secondary N) is 3. The summed E-state index contributed by atoms with van der Waals surface area (Å²) in [4.78, 5) is 94.3. The molecule has 6 amide bonds. The van der Waals surface area contributed by atoms with Crippen molar-refractivity contribution < 1.29 is 64.9 Å². The molecule has 3 saturated heterocycles. The Morgan fingerprint density at radius 3 is 2.12 bits per heavy atom. The van der Waals surface area contributed by atoms with Gasteiger partial charge in [-0.1, -0.05) is 6.07 Å². The number of ether oxygens (including phenoxy) is 3. The normalized spacial score (nSPS) is 19.4. The first-order chi connectivity index (χ1) is 35.9. The number of amides is 6. The molecule has 5 heterocycles. The molecule has 4 aromatic rings. The number of nitrogens with zero attached hydrogens (tertiary/aromatic N) is 7. The molecule has 75 heavy (non-hydrogen) atoms. The summed E-state index contributed by atoms with van der Waals surface area (Å²) in [5.74, 6) is -5.05. The number of likely N-dealkylation sites (N-methyl/N-ethyl adjacent to an activating group) is 1. The summed E-state index contributed by atoms with van der Waals surface area (Å²) in [5, 5.41) is 7.85. The molecular formula is C51H57F5N10O9. The monoisotopic (exact) mass is 1050 g/mol. The van der Waals surface area contributed by atoms with Gasteiger partial charge in [0.15, 0.2) is 0 Å². The van der Waals surface area contributed by atoms with Crippen molar-refractivity contribution in [3.63, 3.8) is 0 Å². The fraction of sp³-hybridized carbons (Fsp3) is 0.451. The number of carbonyl (C=O) groups excluding carboxylic acids is 6. The van der Waals surface area contributed by atoms with Crippen molar-refractivity contribution in [3.8, 4) is 11.1 Å². The highest BCUT2D eigenvalue weighted by atomic mass is 19.4. The number of carbonyl (C=O) groups is 6. The molecule has 19 nitrogen and oxygen atoms in total. The third-order valence-corrected chi connectivity index (χ3v) is 13.7. The Morgan fingerprint density at radius 2 is 1.45 bits per heavy atom. The van der Waals surface area contributed by atoms with Crippen molar-refractivity contribution in [3.05, 3.63) is 94.8 Å². The van der Waals surface area contributed by atoms with Crippen LogP contribution in [0.2, 0.25) is 0 Å². The zero-order valence-electron chi connectivity index (χ0n) is 41.5. The Kier molecular flexibility index (Phi) is 17.0. The molecule has 4 aliphatic rings. The number of anilines is 4. The van der Waals surface area contributed by atoms with E-state index in [1.54, 1.807) is 17.0 Å². The van der Waals surface area contributed by atoms with E-state index in [9.17, 15) is 46.3 Å². The maximum absolute atomic E-state index is 16.1. The van der Waals surface area contributed by atoms with Crippen LogP contribution in [0.4, 0.5) is 45.0 Å². The standard InChI is InChI=1S/C51H57F5N10O9/c1-30-28-65(29-31(2)62(30)3)42-25-38(53)36(24-40(42)60-46(69)34-8-7-33(52)23-37(34)51(54,55)56)32-26-58-50(59-27-32)64-15-13-63(14-16-64)44(68)11-17-73-19-21-75-22-20-74-18-12-57-39-6-4-5-35-45(39)49(72)66(48(35)71)41-9-10-43(67)61-47(41)70/h4-8,23-27,30-31,41,57H,9-22,28-29H2,1-3H3,(H,60,69)(H,61,67,70)/t30-,31+,41?. The maximum Gasteiger partial charge on any atom is 0.417 e. The Labute approximate surface area is 428 Å². The number of aromatic nitrogens is 2. The molecule has 3 N–H and O–H groups in total. The number of halogens is 5. The Morgan fingerprint density at radius 1 is 0.787 bits per heavy atom. The van der Waals surface area contributed by atoms with Crippen molar-refractivity contribution >= 4 is 58.5 Å².